The van der Waals surface area contributed by atoms with E-state index in [1.54, 1.807) is 0 Å². The van der Waals surface area contributed by atoms with Gasteiger partial charge in [0.1, 0.15) is 0 Å². The maximum absolute atomic E-state index is 4.15. The van der Waals surface area contributed by atoms with Crippen LogP contribution in [0.15, 0.2) is 12.5 Å². The molecular formula is C9H15N3. The molecule has 1 unspecified atom stereocenters. The molecule has 0 bridgehead atoms. The zero-order chi connectivity index (χ0) is 8.55. The van der Waals surface area contributed by atoms with Crippen LogP contribution in [-0.2, 0) is 13.1 Å². The number of nitrogens with zero attached hydrogens (tertiary/aromatic N) is 3. The lowest BCUT2D eigenvalue weighted by molar-refractivity contribution is 0.288. The first-order chi connectivity index (χ1) is 5.75. The fraction of sp³-hybridized carbons (Fsp3) is 0.667. The maximum atomic E-state index is 4.15. The molecule has 2 heterocycles. The van der Waals surface area contributed by atoms with Crippen molar-refractivity contribution < 1.29 is 0 Å². The molecule has 0 N–H and O–H groups in total. The van der Waals surface area contributed by atoms with Gasteiger partial charge in [-0.05, 0) is 13.0 Å². The third-order valence-electron chi connectivity index (χ3n) is 2.36. The minimum Gasteiger partial charge on any atom is -0.333 e. The number of imidazole rings is 1. The Morgan fingerprint density at radius 1 is 1.50 bits per heavy atom. The Hall–Kier alpha value is -0.830. The molecule has 66 valence electrons. The van der Waals surface area contributed by atoms with Crippen LogP contribution in [0.3, 0.4) is 0 Å². The van der Waals surface area contributed by atoms with Crippen molar-refractivity contribution in [2.24, 2.45) is 5.92 Å². The van der Waals surface area contributed by atoms with Gasteiger partial charge in [-0.25, -0.2) is 4.98 Å². The third-order valence-corrected chi connectivity index (χ3v) is 2.36. The quantitative estimate of drug-likeness (QED) is 0.571. The van der Waals surface area contributed by atoms with Gasteiger partial charge in [-0.2, -0.15) is 0 Å². The number of hydrogen-bond acceptors (Lipinski definition) is 2. The molecule has 3 nitrogen and oxygen atoms in total. The molecule has 0 saturated heterocycles. The van der Waals surface area contributed by atoms with Crippen molar-refractivity contribution in [2.45, 2.75) is 20.0 Å². The topological polar surface area (TPSA) is 21.1 Å². The first-order valence-electron chi connectivity index (χ1n) is 4.43. The normalized spacial score (nSPS) is 25.0. The lowest BCUT2D eigenvalue weighted by Crippen LogP contribution is -2.21. The summed E-state index contributed by atoms with van der Waals surface area (Å²) in [6.07, 6.45) is 3.90. The second-order valence-corrected chi connectivity index (χ2v) is 3.84. The molecule has 1 aliphatic rings. The molecule has 0 aromatic carbocycles. The largest absolute Gasteiger partial charge is 0.333 e. The standard InChI is InChI=1S/C9H15N3/c1-8-4-11(2)6-9-3-10-7-12(9)5-8/h3,7-8H,4-6H2,1-2H3. The van der Waals surface area contributed by atoms with Crippen molar-refractivity contribution in [1.82, 2.24) is 14.5 Å². The lowest BCUT2D eigenvalue weighted by Gasteiger charge is -2.15. The maximum Gasteiger partial charge on any atom is 0.0948 e. The number of rotatable bonds is 0. The van der Waals surface area contributed by atoms with Crippen LogP contribution in [0.2, 0.25) is 0 Å². The van der Waals surface area contributed by atoms with Gasteiger partial charge >= 0.3 is 0 Å². The summed E-state index contributed by atoms with van der Waals surface area (Å²) >= 11 is 0. The van der Waals surface area contributed by atoms with Gasteiger partial charge in [0.05, 0.1) is 12.0 Å². The number of hydrogen-bond donors (Lipinski definition) is 0. The SMILES string of the molecule is CC1CN(C)Cc2cncn2C1. The second-order valence-electron chi connectivity index (χ2n) is 3.84. The van der Waals surface area contributed by atoms with Gasteiger partial charge in [0.2, 0.25) is 0 Å². The van der Waals surface area contributed by atoms with E-state index in [-0.39, 0.29) is 0 Å². The molecule has 0 fully saturated rings. The van der Waals surface area contributed by atoms with E-state index in [0.29, 0.717) is 0 Å². The highest BCUT2D eigenvalue weighted by Crippen LogP contribution is 2.13. The average molecular weight is 165 g/mol. The van der Waals surface area contributed by atoms with E-state index in [9.17, 15) is 0 Å². The van der Waals surface area contributed by atoms with Gasteiger partial charge < -0.3 is 9.47 Å². The van der Waals surface area contributed by atoms with E-state index < -0.39 is 0 Å². The highest BCUT2D eigenvalue weighted by atomic mass is 15.2. The summed E-state index contributed by atoms with van der Waals surface area (Å²) in [6, 6.07) is 0. The zero-order valence-corrected chi connectivity index (χ0v) is 7.70. The van der Waals surface area contributed by atoms with Crippen LogP contribution in [0.1, 0.15) is 12.6 Å². The van der Waals surface area contributed by atoms with Crippen LogP contribution in [0, 0.1) is 5.92 Å². The second kappa shape index (κ2) is 2.90. The molecule has 3 heteroatoms. The van der Waals surface area contributed by atoms with Gasteiger partial charge in [0.25, 0.3) is 0 Å². The first kappa shape index (κ1) is 7.80. The summed E-state index contributed by atoms with van der Waals surface area (Å²) in [7, 11) is 2.17. The van der Waals surface area contributed by atoms with E-state index in [1.165, 1.54) is 12.2 Å². The van der Waals surface area contributed by atoms with Gasteiger partial charge in [0, 0.05) is 25.8 Å². The Morgan fingerprint density at radius 2 is 2.33 bits per heavy atom. The molecule has 0 saturated carbocycles. The van der Waals surface area contributed by atoms with E-state index in [4.69, 9.17) is 0 Å². The highest BCUT2D eigenvalue weighted by Gasteiger charge is 2.15. The fourth-order valence-corrected chi connectivity index (χ4v) is 1.91. The molecule has 12 heavy (non-hydrogen) atoms. The molecule has 0 spiro atoms. The van der Waals surface area contributed by atoms with Crippen LogP contribution in [0.5, 0.6) is 0 Å². The Balaban J connectivity index is 2.27. The van der Waals surface area contributed by atoms with Crippen molar-refractivity contribution in [3.05, 3.63) is 18.2 Å². The summed E-state index contributed by atoms with van der Waals surface area (Å²) in [5.74, 6) is 0.727. The molecule has 1 aromatic heterocycles. The van der Waals surface area contributed by atoms with Crippen molar-refractivity contribution >= 4 is 0 Å². The molecule has 1 atom stereocenters. The van der Waals surface area contributed by atoms with Crippen LogP contribution >= 0.6 is 0 Å². The Kier molecular flexibility index (Phi) is 1.89. The van der Waals surface area contributed by atoms with E-state index in [1.807, 2.05) is 12.5 Å². The number of aromatic nitrogens is 2. The van der Waals surface area contributed by atoms with Crippen LogP contribution < -0.4 is 0 Å². The van der Waals surface area contributed by atoms with E-state index in [0.717, 1.165) is 19.0 Å². The van der Waals surface area contributed by atoms with E-state index >= 15 is 0 Å². The lowest BCUT2D eigenvalue weighted by atomic mass is 10.2. The molecule has 0 radical (unpaired) electrons. The van der Waals surface area contributed by atoms with Crippen molar-refractivity contribution in [1.29, 1.82) is 0 Å². The Bertz CT molecular complexity index is 242. The molecule has 0 amide bonds. The minimum absolute atomic E-state index is 0.727. The predicted octanol–water partition coefficient (Wildman–Crippen LogP) is 0.965. The Morgan fingerprint density at radius 3 is 3.17 bits per heavy atom. The van der Waals surface area contributed by atoms with Gasteiger partial charge in [-0.1, -0.05) is 6.92 Å². The predicted molar refractivity (Wildman–Crippen MR) is 47.7 cm³/mol. The van der Waals surface area contributed by atoms with Gasteiger partial charge in [-0.3, -0.25) is 0 Å². The molecule has 2 rings (SSSR count). The van der Waals surface area contributed by atoms with Crippen LogP contribution in [0.25, 0.3) is 0 Å². The fourth-order valence-electron chi connectivity index (χ4n) is 1.91. The van der Waals surface area contributed by atoms with E-state index in [2.05, 4.69) is 28.4 Å². The van der Waals surface area contributed by atoms with Crippen molar-refractivity contribution in [3.63, 3.8) is 0 Å². The van der Waals surface area contributed by atoms with Gasteiger partial charge in [0.15, 0.2) is 0 Å². The van der Waals surface area contributed by atoms with Crippen molar-refractivity contribution in [2.75, 3.05) is 13.6 Å². The first-order valence-corrected chi connectivity index (χ1v) is 4.43. The monoisotopic (exact) mass is 165 g/mol. The van der Waals surface area contributed by atoms with Crippen LogP contribution in [0.4, 0.5) is 0 Å². The molecular weight excluding hydrogens is 150 g/mol. The number of fused-ring (bicyclic) bond motifs is 1. The Labute approximate surface area is 73.0 Å². The summed E-state index contributed by atoms with van der Waals surface area (Å²) in [5, 5.41) is 0. The molecule has 1 aromatic rings. The summed E-state index contributed by atoms with van der Waals surface area (Å²) < 4.78 is 2.26. The highest BCUT2D eigenvalue weighted by molar-refractivity contribution is 4.99. The smallest absolute Gasteiger partial charge is 0.0948 e. The zero-order valence-electron chi connectivity index (χ0n) is 7.70. The summed E-state index contributed by atoms with van der Waals surface area (Å²) in [5.41, 5.74) is 1.34. The van der Waals surface area contributed by atoms with Gasteiger partial charge in [-0.15, -0.1) is 0 Å². The minimum atomic E-state index is 0.727. The molecule has 0 aliphatic carbocycles. The summed E-state index contributed by atoms with van der Waals surface area (Å²) in [4.78, 5) is 6.50. The van der Waals surface area contributed by atoms with Crippen LogP contribution in [-0.4, -0.2) is 28.0 Å². The third kappa shape index (κ3) is 1.37. The van der Waals surface area contributed by atoms with Crippen molar-refractivity contribution in [3.8, 4) is 0 Å². The summed E-state index contributed by atoms with van der Waals surface area (Å²) in [6.45, 7) is 5.61. The average Bonchev–Trinajstić information content (AvgIpc) is 2.31. The molecule has 1 aliphatic heterocycles.